The number of nitrogens with one attached hydrogen (secondary N) is 1. The Kier molecular flexibility index (Phi) is 5.85. The van der Waals surface area contributed by atoms with E-state index in [4.69, 9.17) is 21.7 Å². The minimum absolute atomic E-state index is 0.0304. The van der Waals surface area contributed by atoms with Crippen molar-refractivity contribution in [2.45, 2.75) is 26.4 Å². The maximum atomic E-state index is 12.7. The molecule has 7 nitrogen and oxygen atoms in total. The fourth-order valence-electron chi connectivity index (χ4n) is 3.39. The number of carbonyl (C=O) groups excluding carboxylic acids is 1. The minimum atomic E-state index is 0.0304. The first-order valence-corrected chi connectivity index (χ1v) is 10.3. The number of fused-ring (bicyclic) bond motifs is 1. The van der Waals surface area contributed by atoms with Gasteiger partial charge in [-0.1, -0.05) is 35.9 Å². The van der Waals surface area contributed by atoms with Crippen molar-refractivity contribution in [3.8, 4) is 22.9 Å². The number of aromatic amines is 1. The summed E-state index contributed by atoms with van der Waals surface area (Å²) >= 11 is 5.37. The highest BCUT2D eigenvalue weighted by molar-refractivity contribution is 7.71. The molecule has 1 N–H and O–H groups in total. The van der Waals surface area contributed by atoms with Gasteiger partial charge in [0.2, 0.25) is 5.91 Å². The Hall–Kier alpha value is -3.13. The molecule has 1 aliphatic rings. The van der Waals surface area contributed by atoms with Crippen molar-refractivity contribution in [1.82, 2.24) is 19.7 Å². The van der Waals surface area contributed by atoms with E-state index >= 15 is 0 Å². The lowest BCUT2D eigenvalue weighted by Crippen LogP contribution is -2.27. The lowest BCUT2D eigenvalue weighted by atomic mass is 10.1. The van der Waals surface area contributed by atoms with Crippen molar-refractivity contribution in [3.05, 3.63) is 58.4 Å². The number of hydrogen-bond acceptors (Lipinski definition) is 5. The molecule has 0 aliphatic carbocycles. The number of hydrogen-bond donors (Lipinski definition) is 1. The third kappa shape index (κ3) is 4.38. The maximum Gasteiger partial charge on any atom is 0.224 e. The average molecular weight is 425 g/mol. The average Bonchev–Trinajstić information content (AvgIpc) is 3.12. The van der Waals surface area contributed by atoms with Crippen LogP contribution in [-0.2, 0) is 17.9 Å². The van der Waals surface area contributed by atoms with E-state index in [0.29, 0.717) is 37.5 Å². The summed E-state index contributed by atoms with van der Waals surface area (Å²) in [5, 5.41) is 7.18. The molecular weight excluding hydrogens is 400 g/mol. The van der Waals surface area contributed by atoms with Gasteiger partial charge in [-0.3, -0.25) is 14.5 Å². The molecular formula is C22H24N4O3S. The molecule has 1 aliphatic heterocycles. The Labute approximate surface area is 180 Å². The van der Waals surface area contributed by atoms with Gasteiger partial charge in [-0.15, -0.1) is 0 Å². The zero-order chi connectivity index (χ0) is 21.1. The van der Waals surface area contributed by atoms with Crippen LogP contribution in [0.25, 0.3) is 11.4 Å². The van der Waals surface area contributed by atoms with Crippen molar-refractivity contribution in [2.75, 3.05) is 20.3 Å². The van der Waals surface area contributed by atoms with Gasteiger partial charge in [0.15, 0.2) is 22.1 Å². The third-order valence-electron chi connectivity index (χ3n) is 5.07. The van der Waals surface area contributed by atoms with E-state index in [-0.39, 0.29) is 5.91 Å². The standard InChI is InChI=1S/C22H24N4O3S/c1-15-3-6-17(7-4-15)21-23-24-22(30)26(21)10-9-20(27)25(2)14-16-5-8-18-19(13-16)29-12-11-28-18/h3-8,13H,9-12,14H2,1-2H3,(H,24,30). The molecule has 2 heterocycles. The lowest BCUT2D eigenvalue weighted by Gasteiger charge is -2.21. The fraction of sp³-hybridized carbons (Fsp3) is 0.318. The smallest absolute Gasteiger partial charge is 0.224 e. The van der Waals surface area contributed by atoms with E-state index in [9.17, 15) is 4.79 Å². The molecule has 0 saturated heterocycles. The fourth-order valence-corrected chi connectivity index (χ4v) is 3.62. The molecule has 3 aromatic rings. The highest BCUT2D eigenvalue weighted by atomic mass is 32.1. The van der Waals surface area contributed by atoms with Crippen LogP contribution in [-0.4, -0.2) is 45.8 Å². The predicted molar refractivity (Wildman–Crippen MR) is 116 cm³/mol. The number of benzene rings is 2. The molecule has 1 amide bonds. The van der Waals surface area contributed by atoms with Gasteiger partial charge >= 0.3 is 0 Å². The molecule has 1 aromatic heterocycles. The normalized spacial score (nSPS) is 12.6. The van der Waals surface area contributed by atoms with Crippen LogP contribution in [0.4, 0.5) is 0 Å². The van der Waals surface area contributed by atoms with Crippen molar-refractivity contribution >= 4 is 18.1 Å². The van der Waals surface area contributed by atoms with Crippen molar-refractivity contribution in [2.24, 2.45) is 0 Å². The molecule has 156 valence electrons. The number of amides is 1. The van der Waals surface area contributed by atoms with E-state index < -0.39 is 0 Å². The summed E-state index contributed by atoms with van der Waals surface area (Å²) in [5.74, 6) is 2.24. The lowest BCUT2D eigenvalue weighted by molar-refractivity contribution is -0.130. The number of nitrogens with zero attached hydrogens (tertiary/aromatic N) is 3. The Bertz CT molecular complexity index is 1100. The molecule has 0 spiro atoms. The molecule has 8 heteroatoms. The number of carbonyl (C=O) groups is 1. The Morgan fingerprint density at radius 2 is 1.90 bits per heavy atom. The molecule has 0 fully saturated rings. The summed E-state index contributed by atoms with van der Waals surface area (Å²) in [5.41, 5.74) is 3.13. The minimum Gasteiger partial charge on any atom is -0.486 e. The van der Waals surface area contributed by atoms with Crippen LogP contribution < -0.4 is 9.47 Å². The van der Waals surface area contributed by atoms with Gasteiger partial charge in [-0.2, -0.15) is 5.10 Å². The second-order valence-corrected chi connectivity index (χ2v) is 7.73. The first-order chi connectivity index (χ1) is 14.5. The van der Waals surface area contributed by atoms with E-state index in [2.05, 4.69) is 10.2 Å². The van der Waals surface area contributed by atoms with Crippen molar-refractivity contribution in [1.29, 1.82) is 0 Å². The summed E-state index contributed by atoms with van der Waals surface area (Å²) in [4.78, 5) is 14.4. The largest absolute Gasteiger partial charge is 0.486 e. The molecule has 0 bridgehead atoms. The first-order valence-electron chi connectivity index (χ1n) is 9.86. The molecule has 0 atom stereocenters. The first kappa shape index (κ1) is 20.2. The number of aryl methyl sites for hydroxylation is 1. The topological polar surface area (TPSA) is 72.4 Å². The Morgan fingerprint density at radius 1 is 1.17 bits per heavy atom. The molecule has 0 unspecified atom stereocenters. The van der Waals surface area contributed by atoms with Gasteiger partial charge in [0.1, 0.15) is 13.2 Å². The van der Waals surface area contributed by atoms with Crippen LogP contribution in [0.15, 0.2) is 42.5 Å². The van der Waals surface area contributed by atoms with Gasteiger partial charge in [-0.25, -0.2) is 0 Å². The summed E-state index contributed by atoms with van der Waals surface area (Å²) in [6.07, 6.45) is 0.327. The number of rotatable bonds is 6. The molecule has 0 radical (unpaired) electrons. The Balaban J connectivity index is 1.41. The van der Waals surface area contributed by atoms with Crippen LogP contribution in [0.2, 0.25) is 0 Å². The number of aromatic nitrogens is 3. The highest BCUT2D eigenvalue weighted by Crippen LogP contribution is 2.31. The van der Waals surface area contributed by atoms with Gasteiger partial charge < -0.3 is 14.4 Å². The second kappa shape index (κ2) is 8.71. The van der Waals surface area contributed by atoms with E-state index in [0.717, 1.165) is 28.5 Å². The van der Waals surface area contributed by atoms with Gasteiger partial charge in [0.25, 0.3) is 0 Å². The SMILES string of the molecule is Cc1ccc(-c2n[nH]c(=S)n2CCC(=O)N(C)Cc2ccc3c(c2)OCCO3)cc1. The zero-order valence-electron chi connectivity index (χ0n) is 17.1. The molecule has 4 rings (SSSR count). The summed E-state index contributed by atoms with van der Waals surface area (Å²) in [7, 11) is 1.80. The molecule has 0 saturated carbocycles. The third-order valence-corrected chi connectivity index (χ3v) is 5.38. The van der Waals surface area contributed by atoms with Crippen LogP contribution in [0.1, 0.15) is 17.5 Å². The maximum absolute atomic E-state index is 12.7. The van der Waals surface area contributed by atoms with Gasteiger partial charge in [-0.05, 0) is 36.8 Å². The highest BCUT2D eigenvalue weighted by Gasteiger charge is 2.16. The van der Waals surface area contributed by atoms with Gasteiger partial charge in [0.05, 0.1) is 0 Å². The predicted octanol–water partition coefficient (Wildman–Crippen LogP) is 3.74. The summed E-state index contributed by atoms with van der Waals surface area (Å²) in [6, 6.07) is 13.9. The van der Waals surface area contributed by atoms with Crippen LogP contribution in [0, 0.1) is 11.7 Å². The van der Waals surface area contributed by atoms with Crippen LogP contribution in [0.3, 0.4) is 0 Å². The quantitative estimate of drug-likeness (QED) is 0.611. The van der Waals surface area contributed by atoms with E-state index in [1.54, 1.807) is 11.9 Å². The second-order valence-electron chi connectivity index (χ2n) is 7.35. The van der Waals surface area contributed by atoms with E-state index in [1.807, 2.05) is 54.0 Å². The summed E-state index contributed by atoms with van der Waals surface area (Å²) < 4.78 is 13.6. The van der Waals surface area contributed by atoms with E-state index in [1.165, 1.54) is 5.56 Å². The zero-order valence-corrected chi connectivity index (χ0v) is 17.9. The van der Waals surface area contributed by atoms with Crippen molar-refractivity contribution in [3.63, 3.8) is 0 Å². The molecule has 2 aromatic carbocycles. The monoisotopic (exact) mass is 424 g/mol. The number of ether oxygens (including phenoxy) is 2. The van der Waals surface area contributed by atoms with Crippen LogP contribution >= 0.6 is 12.2 Å². The summed E-state index contributed by atoms with van der Waals surface area (Å²) in [6.45, 7) is 4.10. The number of H-pyrrole nitrogens is 1. The van der Waals surface area contributed by atoms with Crippen molar-refractivity contribution < 1.29 is 14.3 Å². The van der Waals surface area contributed by atoms with Crippen LogP contribution in [0.5, 0.6) is 11.5 Å². The van der Waals surface area contributed by atoms with Gasteiger partial charge in [0, 0.05) is 32.1 Å². The molecule has 30 heavy (non-hydrogen) atoms. The Morgan fingerprint density at radius 3 is 2.67 bits per heavy atom.